The molecular weight excluding hydrogens is 226 g/mol. The van der Waals surface area contributed by atoms with Crippen LogP contribution in [0.2, 0.25) is 0 Å². The maximum absolute atomic E-state index is 11.2. The first-order chi connectivity index (χ1) is 8.49. The van der Waals surface area contributed by atoms with Gasteiger partial charge >= 0.3 is 5.97 Å². The van der Waals surface area contributed by atoms with Crippen LogP contribution in [0.1, 0.15) is 37.3 Å². The van der Waals surface area contributed by atoms with E-state index in [1.807, 2.05) is 12.1 Å². The molecule has 1 unspecified atom stereocenters. The molecule has 2 N–H and O–H groups in total. The summed E-state index contributed by atoms with van der Waals surface area (Å²) in [4.78, 5) is 11.2. The van der Waals surface area contributed by atoms with Crippen LogP contribution in [-0.2, 0) is 11.2 Å². The highest BCUT2D eigenvalue weighted by molar-refractivity contribution is 5.74. The van der Waals surface area contributed by atoms with Crippen molar-refractivity contribution in [3.8, 4) is 0 Å². The van der Waals surface area contributed by atoms with Gasteiger partial charge in [0.2, 0.25) is 0 Å². The third kappa shape index (κ3) is 2.91. The van der Waals surface area contributed by atoms with Crippen LogP contribution in [-0.4, -0.2) is 24.2 Å². The maximum Gasteiger partial charge on any atom is 0.309 e. The molecule has 0 radical (unpaired) electrons. The fourth-order valence-corrected chi connectivity index (χ4v) is 2.48. The second-order valence-corrected chi connectivity index (χ2v) is 5.80. The molecule has 98 valence electrons. The van der Waals surface area contributed by atoms with Crippen molar-refractivity contribution in [2.24, 2.45) is 5.41 Å². The van der Waals surface area contributed by atoms with Crippen LogP contribution in [0.5, 0.6) is 0 Å². The summed E-state index contributed by atoms with van der Waals surface area (Å²) in [5, 5.41) is 12.5. The summed E-state index contributed by atoms with van der Waals surface area (Å²) >= 11 is 0. The lowest BCUT2D eigenvalue weighted by molar-refractivity contribution is -0.146. The SMILES string of the molecule is CC(C)(Cc1cccc(C2CCNC2)c1)C(=O)O. The van der Waals surface area contributed by atoms with Crippen LogP contribution in [0.4, 0.5) is 0 Å². The number of benzene rings is 1. The Morgan fingerprint density at radius 3 is 2.89 bits per heavy atom. The van der Waals surface area contributed by atoms with Crippen molar-refractivity contribution in [1.29, 1.82) is 0 Å². The minimum Gasteiger partial charge on any atom is -0.481 e. The van der Waals surface area contributed by atoms with Crippen molar-refractivity contribution in [2.45, 2.75) is 32.6 Å². The minimum atomic E-state index is -0.740. The second-order valence-electron chi connectivity index (χ2n) is 5.80. The molecule has 0 aliphatic carbocycles. The Hall–Kier alpha value is -1.35. The van der Waals surface area contributed by atoms with Crippen molar-refractivity contribution in [3.05, 3.63) is 35.4 Å². The van der Waals surface area contributed by atoms with E-state index in [0.717, 1.165) is 18.7 Å². The zero-order valence-electron chi connectivity index (χ0n) is 11.1. The molecule has 1 aromatic carbocycles. The molecule has 0 spiro atoms. The highest BCUT2D eigenvalue weighted by Gasteiger charge is 2.27. The third-order valence-corrected chi connectivity index (χ3v) is 3.71. The van der Waals surface area contributed by atoms with Crippen LogP contribution in [0.15, 0.2) is 24.3 Å². The first-order valence-corrected chi connectivity index (χ1v) is 6.52. The van der Waals surface area contributed by atoms with E-state index >= 15 is 0 Å². The van der Waals surface area contributed by atoms with Gasteiger partial charge in [-0.1, -0.05) is 24.3 Å². The van der Waals surface area contributed by atoms with Gasteiger partial charge in [0.1, 0.15) is 0 Å². The zero-order valence-corrected chi connectivity index (χ0v) is 11.1. The predicted molar refractivity (Wildman–Crippen MR) is 71.8 cm³/mol. The van der Waals surface area contributed by atoms with Crippen molar-refractivity contribution < 1.29 is 9.90 Å². The first-order valence-electron chi connectivity index (χ1n) is 6.52. The average molecular weight is 247 g/mol. The Bertz CT molecular complexity index is 434. The number of rotatable bonds is 4. The Morgan fingerprint density at radius 1 is 1.50 bits per heavy atom. The highest BCUT2D eigenvalue weighted by atomic mass is 16.4. The lowest BCUT2D eigenvalue weighted by Gasteiger charge is -2.20. The standard InChI is InChI=1S/C15H21NO2/c1-15(2,14(17)18)9-11-4-3-5-12(8-11)13-6-7-16-10-13/h3-5,8,13,16H,6-7,9-10H2,1-2H3,(H,17,18). The molecule has 1 atom stereocenters. The summed E-state index contributed by atoms with van der Waals surface area (Å²) in [6, 6.07) is 8.38. The number of aliphatic carboxylic acids is 1. The topological polar surface area (TPSA) is 49.3 Å². The first kappa shape index (κ1) is 13.1. The molecule has 0 saturated carbocycles. The van der Waals surface area contributed by atoms with Gasteiger partial charge in [0, 0.05) is 6.54 Å². The summed E-state index contributed by atoms with van der Waals surface area (Å²) in [6.45, 7) is 5.67. The number of nitrogens with one attached hydrogen (secondary N) is 1. The number of hydrogen-bond acceptors (Lipinski definition) is 2. The molecule has 1 fully saturated rings. The van der Waals surface area contributed by atoms with Gasteiger partial charge in [-0.25, -0.2) is 0 Å². The summed E-state index contributed by atoms with van der Waals surface area (Å²) in [5.74, 6) is -0.159. The van der Waals surface area contributed by atoms with Crippen LogP contribution >= 0.6 is 0 Å². The molecule has 0 aromatic heterocycles. The Balaban J connectivity index is 2.14. The summed E-state index contributed by atoms with van der Waals surface area (Å²) in [7, 11) is 0. The minimum absolute atomic E-state index is 0.580. The summed E-state index contributed by atoms with van der Waals surface area (Å²) in [5.41, 5.74) is 1.75. The molecule has 1 aromatic rings. The van der Waals surface area contributed by atoms with E-state index in [0.29, 0.717) is 12.3 Å². The van der Waals surface area contributed by atoms with Crippen LogP contribution in [0.25, 0.3) is 0 Å². The second kappa shape index (κ2) is 5.11. The van der Waals surface area contributed by atoms with Crippen LogP contribution in [0.3, 0.4) is 0 Å². The number of carboxylic acids is 1. The Labute approximate surface area is 108 Å². The van der Waals surface area contributed by atoms with Crippen LogP contribution < -0.4 is 5.32 Å². The van der Waals surface area contributed by atoms with E-state index in [-0.39, 0.29) is 0 Å². The van der Waals surface area contributed by atoms with Gasteiger partial charge in [-0.05, 0) is 50.3 Å². The average Bonchev–Trinajstić information content (AvgIpc) is 2.82. The molecule has 3 nitrogen and oxygen atoms in total. The van der Waals surface area contributed by atoms with E-state index in [1.165, 1.54) is 12.0 Å². The fraction of sp³-hybridized carbons (Fsp3) is 0.533. The van der Waals surface area contributed by atoms with Gasteiger partial charge in [-0.15, -0.1) is 0 Å². The Kier molecular flexibility index (Phi) is 3.71. The lowest BCUT2D eigenvalue weighted by Crippen LogP contribution is -2.26. The Morgan fingerprint density at radius 2 is 2.28 bits per heavy atom. The van der Waals surface area contributed by atoms with Crippen molar-refractivity contribution >= 4 is 5.97 Å². The van der Waals surface area contributed by atoms with Crippen molar-refractivity contribution in [2.75, 3.05) is 13.1 Å². The summed E-state index contributed by atoms with van der Waals surface area (Å²) in [6.07, 6.45) is 1.75. The lowest BCUT2D eigenvalue weighted by atomic mass is 9.84. The van der Waals surface area contributed by atoms with Crippen molar-refractivity contribution in [1.82, 2.24) is 5.32 Å². The number of carbonyl (C=O) groups is 1. The van der Waals surface area contributed by atoms with Gasteiger partial charge in [0.15, 0.2) is 0 Å². The smallest absolute Gasteiger partial charge is 0.309 e. The maximum atomic E-state index is 11.2. The van der Waals surface area contributed by atoms with Crippen LogP contribution in [0, 0.1) is 5.41 Å². The molecule has 1 saturated heterocycles. The van der Waals surface area contributed by atoms with E-state index in [2.05, 4.69) is 17.4 Å². The normalized spacial score (nSPS) is 20.0. The molecule has 2 rings (SSSR count). The van der Waals surface area contributed by atoms with Gasteiger partial charge < -0.3 is 10.4 Å². The molecule has 18 heavy (non-hydrogen) atoms. The van der Waals surface area contributed by atoms with Gasteiger partial charge in [-0.2, -0.15) is 0 Å². The van der Waals surface area contributed by atoms with E-state index in [4.69, 9.17) is 0 Å². The predicted octanol–water partition coefficient (Wildman–Crippen LogP) is 2.42. The van der Waals surface area contributed by atoms with Gasteiger partial charge in [0.05, 0.1) is 5.41 Å². The molecule has 0 amide bonds. The van der Waals surface area contributed by atoms with E-state index in [1.54, 1.807) is 13.8 Å². The van der Waals surface area contributed by atoms with Crippen molar-refractivity contribution in [3.63, 3.8) is 0 Å². The monoisotopic (exact) mass is 247 g/mol. The molecule has 1 aliphatic rings. The summed E-state index contributed by atoms with van der Waals surface area (Å²) < 4.78 is 0. The van der Waals surface area contributed by atoms with Gasteiger partial charge in [0.25, 0.3) is 0 Å². The largest absolute Gasteiger partial charge is 0.481 e. The highest BCUT2D eigenvalue weighted by Crippen LogP contribution is 2.26. The zero-order chi connectivity index (χ0) is 13.2. The van der Waals surface area contributed by atoms with E-state index in [9.17, 15) is 9.90 Å². The molecular formula is C15H21NO2. The third-order valence-electron chi connectivity index (χ3n) is 3.71. The molecule has 1 aliphatic heterocycles. The quantitative estimate of drug-likeness (QED) is 0.859. The van der Waals surface area contributed by atoms with E-state index < -0.39 is 11.4 Å². The number of carboxylic acid groups (broad SMARTS) is 1. The molecule has 3 heteroatoms. The number of hydrogen-bond donors (Lipinski definition) is 2. The molecule has 1 heterocycles. The fourth-order valence-electron chi connectivity index (χ4n) is 2.48. The van der Waals surface area contributed by atoms with Gasteiger partial charge in [-0.3, -0.25) is 4.79 Å². The molecule has 0 bridgehead atoms.